The lowest BCUT2D eigenvalue weighted by Crippen LogP contribution is -2.39. The fraction of sp³-hybridized carbons (Fsp3) is 0.500. The van der Waals surface area contributed by atoms with Gasteiger partial charge in [-0.25, -0.2) is 0 Å². The first-order valence-corrected chi connectivity index (χ1v) is 6.43. The summed E-state index contributed by atoms with van der Waals surface area (Å²) in [4.78, 5) is 4.42. The zero-order valence-electron chi connectivity index (χ0n) is 10.2. The molecule has 1 atom stereocenters. The fourth-order valence-corrected chi connectivity index (χ4v) is 2.70. The van der Waals surface area contributed by atoms with E-state index in [1.165, 1.54) is 24.0 Å². The van der Waals surface area contributed by atoms with Gasteiger partial charge in [0.15, 0.2) is 5.96 Å². The molecule has 3 rings (SSSR count). The van der Waals surface area contributed by atoms with Crippen molar-refractivity contribution in [3.05, 3.63) is 35.4 Å². The molecule has 1 aromatic carbocycles. The second-order valence-corrected chi connectivity index (χ2v) is 5.16. The summed E-state index contributed by atoms with van der Waals surface area (Å²) < 4.78 is 0. The molecular formula is C14H19N3. The first-order chi connectivity index (χ1) is 8.31. The summed E-state index contributed by atoms with van der Waals surface area (Å²) in [5.41, 5.74) is 3.04. The maximum Gasteiger partial charge on any atom is 0.191 e. The van der Waals surface area contributed by atoms with Crippen LogP contribution in [0.1, 0.15) is 18.1 Å². The number of rotatable bonds is 2. The predicted molar refractivity (Wildman–Crippen MR) is 70.2 cm³/mol. The molecule has 1 unspecified atom stereocenters. The van der Waals surface area contributed by atoms with E-state index in [0.29, 0.717) is 12.0 Å². The first-order valence-electron chi connectivity index (χ1n) is 6.43. The van der Waals surface area contributed by atoms with E-state index in [4.69, 9.17) is 0 Å². The number of nitrogens with one attached hydrogen (secondary N) is 2. The summed E-state index contributed by atoms with van der Waals surface area (Å²) in [6, 6.07) is 9.27. The van der Waals surface area contributed by atoms with Crippen molar-refractivity contribution in [3.8, 4) is 0 Å². The number of guanidine groups is 1. The van der Waals surface area contributed by atoms with Gasteiger partial charge in [0, 0.05) is 12.6 Å². The van der Waals surface area contributed by atoms with Crippen LogP contribution in [0.5, 0.6) is 0 Å². The van der Waals surface area contributed by atoms with E-state index >= 15 is 0 Å². The second-order valence-electron chi connectivity index (χ2n) is 5.16. The Morgan fingerprint density at radius 3 is 2.59 bits per heavy atom. The SMILES string of the molecule is CC1CN=C(NCC2Cc3ccccc3C2)N1. The Bertz CT molecular complexity index is 414. The summed E-state index contributed by atoms with van der Waals surface area (Å²) in [7, 11) is 0. The normalized spacial score (nSPS) is 23.1. The second kappa shape index (κ2) is 4.40. The van der Waals surface area contributed by atoms with Crippen molar-refractivity contribution in [2.45, 2.75) is 25.8 Å². The molecule has 17 heavy (non-hydrogen) atoms. The lowest BCUT2D eigenvalue weighted by atomic mass is 10.1. The van der Waals surface area contributed by atoms with E-state index < -0.39 is 0 Å². The molecule has 3 heteroatoms. The zero-order valence-corrected chi connectivity index (χ0v) is 10.2. The minimum atomic E-state index is 0.485. The number of nitrogens with zero attached hydrogens (tertiary/aromatic N) is 1. The quantitative estimate of drug-likeness (QED) is 0.803. The number of hydrogen-bond donors (Lipinski definition) is 2. The maximum absolute atomic E-state index is 4.42. The number of benzene rings is 1. The van der Waals surface area contributed by atoms with Crippen molar-refractivity contribution in [3.63, 3.8) is 0 Å². The monoisotopic (exact) mass is 229 g/mol. The van der Waals surface area contributed by atoms with Gasteiger partial charge in [-0.05, 0) is 36.8 Å². The molecule has 90 valence electrons. The molecule has 0 spiro atoms. The van der Waals surface area contributed by atoms with Crippen LogP contribution < -0.4 is 10.6 Å². The molecule has 1 aliphatic carbocycles. The van der Waals surface area contributed by atoms with Crippen molar-refractivity contribution >= 4 is 5.96 Å². The molecule has 0 amide bonds. The molecule has 2 aliphatic rings. The van der Waals surface area contributed by atoms with Gasteiger partial charge in [-0.15, -0.1) is 0 Å². The van der Waals surface area contributed by atoms with Crippen LogP contribution >= 0.6 is 0 Å². The van der Waals surface area contributed by atoms with Crippen LogP contribution in [-0.4, -0.2) is 25.1 Å². The Hall–Kier alpha value is -1.51. The maximum atomic E-state index is 4.42. The van der Waals surface area contributed by atoms with Crippen molar-refractivity contribution in [2.75, 3.05) is 13.1 Å². The molecule has 1 heterocycles. The van der Waals surface area contributed by atoms with Gasteiger partial charge in [-0.3, -0.25) is 4.99 Å². The number of fused-ring (bicyclic) bond motifs is 1. The van der Waals surface area contributed by atoms with Crippen LogP contribution in [0, 0.1) is 5.92 Å². The standard InChI is InChI=1S/C14H19N3/c1-10-8-15-14(17-10)16-9-11-6-12-4-2-3-5-13(12)7-11/h2-5,10-11H,6-9H2,1H3,(H2,15,16,17). The average molecular weight is 229 g/mol. The number of hydrogen-bond acceptors (Lipinski definition) is 3. The third-order valence-corrected chi connectivity index (χ3v) is 3.60. The molecule has 0 saturated carbocycles. The lowest BCUT2D eigenvalue weighted by Gasteiger charge is -2.12. The van der Waals surface area contributed by atoms with Crippen molar-refractivity contribution in [2.24, 2.45) is 10.9 Å². The van der Waals surface area contributed by atoms with Gasteiger partial charge in [-0.1, -0.05) is 24.3 Å². The van der Waals surface area contributed by atoms with E-state index in [-0.39, 0.29) is 0 Å². The van der Waals surface area contributed by atoms with Gasteiger partial charge >= 0.3 is 0 Å². The Kier molecular flexibility index (Phi) is 2.75. The van der Waals surface area contributed by atoms with Gasteiger partial charge in [0.1, 0.15) is 0 Å². The molecular weight excluding hydrogens is 210 g/mol. The van der Waals surface area contributed by atoms with Crippen LogP contribution in [-0.2, 0) is 12.8 Å². The Balaban J connectivity index is 1.53. The molecule has 0 radical (unpaired) electrons. The molecule has 1 aromatic rings. The Morgan fingerprint density at radius 2 is 2.00 bits per heavy atom. The average Bonchev–Trinajstić information content (AvgIpc) is 2.91. The first kappa shape index (κ1) is 10.6. The minimum absolute atomic E-state index is 0.485. The van der Waals surface area contributed by atoms with Crippen LogP contribution in [0.25, 0.3) is 0 Å². The summed E-state index contributed by atoms with van der Waals surface area (Å²) >= 11 is 0. The fourth-order valence-electron chi connectivity index (χ4n) is 2.70. The highest BCUT2D eigenvalue weighted by Crippen LogP contribution is 2.25. The third kappa shape index (κ3) is 2.28. The van der Waals surface area contributed by atoms with E-state index in [1.807, 2.05) is 0 Å². The zero-order chi connectivity index (χ0) is 11.7. The molecule has 0 aromatic heterocycles. The summed E-state index contributed by atoms with van der Waals surface area (Å²) in [6.45, 7) is 4.07. The van der Waals surface area contributed by atoms with E-state index in [1.54, 1.807) is 0 Å². The van der Waals surface area contributed by atoms with Crippen LogP contribution in [0.3, 0.4) is 0 Å². The number of aliphatic imine (C=N–C) groups is 1. The van der Waals surface area contributed by atoms with Gasteiger partial charge in [0.05, 0.1) is 6.54 Å². The van der Waals surface area contributed by atoms with Gasteiger partial charge in [0.2, 0.25) is 0 Å². The molecule has 0 fully saturated rings. The smallest absolute Gasteiger partial charge is 0.191 e. The van der Waals surface area contributed by atoms with Gasteiger partial charge in [0.25, 0.3) is 0 Å². The topological polar surface area (TPSA) is 36.4 Å². The van der Waals surface area contributed by atoms with Crippen LogP contribution in [0.4, 0.5) is 0 Å². The van der Waals surface area contributed by atoms with E-state index in [0.717, 1.165) is 19.0 Å². The molecule has 2 N–H and O–H groups in total. The minimum Gasteiger partial charge on any atom is -0.356 e. The summed E-state index contributed by atoms with van der Waals surface area (Å²) in [5, 5.41) is 6.77. The molecule has 1 aliphatic heterocycles. The Morgan fingerprint density at radius 1 is 1.29 bits per heavy atom. The summed E-state index contributed by atoms with van der Waals surface area (Å²) in [5.74, 6) is 1.70. The lowest BCUT2D eigenvalue weighted by molar-refractivity contribution is 0.543. The molecule has 0 bridgehead atoms. The predicted octanol–water partition coefficient (Wildman–Crippen LogP) is 1.34. The summed E-state index contributed by atoms with van der Waals surface area (Å²) in [6.07, 6.45) is 2.40. The van der Waals surface area contributed by atoms with Gasteiger partial charge in [-0.2, -0.15) is 0 Å². The highest BCUT2D eigenvalue weighted by Gasteiger charge is 2.21. The third-order valence-electron chi connectivity index (χ3n) is 3.60. The van der Waals surface area contributed by atoms with E-state index in [2.05, 4.69) is 46.8 Å². The Labute approximate surface area is 102 Å². The largest absolute Gasteiger partial charge is 0.356 e. The highest BCUT2D eigenvalue weighted by atomic mass is 15.2. The van der Waals surface area contributed by atoms with Gasteiger partial charge < -0.3 is 10.6 Å². The molecule has 0 saturated heterocycles. The van der Waals surface area contributed by atoms with Crippen molar-refractivity contribution in [1.29, 1.82) is 0 Å². The highest BCUT2D eigenvalue weighted by molar-refractivity contribution is 5.81. The molecule has 3 nitrogen and oxygen atoms in total. The van der Waals surface area contributed by atoms with Crippen molar-refractivity contribution in [1.82, 2.24) is 10.6 Å². The van der Waals surface area contributed by atoms with Crippen molar-refractivity contribution < 1.29 is 0 Å². The van der Waals surface area contributed by atoms with Crippen LogP contribution in [0.2, 0.25) is 0 Å². The van der Waals surface area contributed by atoms with E-state index in [9.17, 15) is 0 Å². The van der Waals surface area contributed by atoms with Crippen LogP contribution in [0.15, 0.2) is 29.3 Å².